The van der Waals surface area contributed by atoms with Crippen molar-refractivity contribution in [2.75, 3.05) is 6.54 Å². The normalized spacial score (nSPS) is 15.5. The highest BCUT2D eigenvalue weighted by Gasteiger charge is 2.22. The summed E-state index contributed by atoms with van der Waals surface area (Å²) in [6, 6.07) is 8.72. The lowest BCUT2D eigenvalue weighted by Gasteiger charge is -2.16. The zero-order valence-electron chi connectivity index (χ0n) is 10.9. The van der Waals surface area contributed by atoms with E-state index in [0.717, 1.165) is 17.4 Å². The Morgan fingerprint density at radius 2 is 2.32 bits per heavy atom. The van der Waals surface area contributed by atoms with Gasteiger partial charge in [0.25, 0.3) is 0 Å². The van der Waals surface area contributed by atoms with E-state index in [-0.39, 0.29) is 6.04 Å². The highest BCUT2D eigenvalue weighted by atomic mass is 79.9. The topological polar surface area (TPSA) is 24.9 Å². The molecule has 0 bridgehead atoms. The van der Waals surface area contributed by atoms with Gasteiger partial charge in [0.1, 0.15) is 5.01 Å². The van der Waals surface area contributed by atoms with Gasteiger partial charge < -0.3 is 5.32 Å². The number of aryl methyl sites for hydroxylation is 2. The SMILES string of the molecule is CCNC(c1cccc(Br)c1)c1nc2c(s1)CCC2. The second-order valence-corrected chi connectivity index (χ2v) is 6.85. The van der Waals surface area contributed by atoms with E-state index in [1.165, 1.54) is 34.0 Å². The maximum Gasteiger partial charge on any atom is 0.115 e. The number of thiazole rings is 1. The molecule has 3 rings (SSSR count). The minimum Gasteiger partial charge on any atom is -0.305 e. The predicted octanol–water partition coefficient (Wildman–Crippen LogP) is 4.09. The Morgan fingerprint density at radius 1 is 1.42 bits per heavy atom. The summed E-state index contributed by atoms with van der Waals surface area (Å²) in [7, 11) is 0. The second kappa shape index (κ2) is 5.73. The standard InChI is InChI=1S/C15H17BrN2S/c1-2-17-14(10-5-3-6-11(16)9-10)15-18-12-7-4-8-13(12)19-15/h3,5-6,9,14,17H,2,4,7-8H2,1H3. The predicted molar refractivity (Wildman–Crippen MR) is 83.8 cm³/mol. The van der Waals surface area contributed by atoms with Crippen molar-refractivity contribution in [3.63, 3.8) is 0 Å². The van der Waals surface area contributed by atoms with Crippen LogP contribution < -0.4 is 5.32 Å². The van der Waals surface area contributed by atoms with Crippen molar-refractivity contribution in [1.82, 2.24) is 10.3 Å². The molecule has 1 unspecified atom stereocenters. The Balaban J connectivity index is 1.95. The number of benzene rings is 1. The quantitative estimate of drug-likeness (QED) is 0.909. The van der Waals surface area contributed by atoms with Crippen LogP contribution in [0.15, 0.2) is 28.7 Å². The fourth-order valence-corrected chi connectivity index (χ4v) is 4.25. The van der Waals surface area contributed by atoms with Gasteiger partial charge in [0, 0.05) is 9.35 Å². The average molecular weight is 337 g/mol. The van der Waals surface area contributed by atoms with Crippen LogP contribution >= 0.6 is 27.3 Å². The number of nitrogens with zero attached hydrogens (tertiary/aromatic N) is 1. The first-order valence-electron chi connectivity index (χ1n) is 6.75. The third kappa shape index (κ3) is 2.76. The number of halogens is 1. The third-order valence-corrected chi connectivity index (χ3v) is 5.16. The van der Waals surface area contributed by atoms with Crippen LogP contribution in [0.1, 0.15) is 40.5 Å². The van der Waals surface area contributed by atoms with E-state index >= 15 is 0 Å². The van der Waals surface area contributed by atoms with E-state index in [0.29, 0.717) is 0 Å². The van der Waals surface area contributed by atoms with Crippen LogP contribution in [0.5, 0.6) is 0 Å². The molecule has 2 nitrogen and oxygen atoms in total. The van der Waals surface area contributed by atoms with E-state index in [2.05, 4.69) is 52.4 Å². The number of hydrogen-bond acceptors (Lipinski definition) is 3. The van der Waals surface area contributed by atoms with Crippen LogP contribution in [0.4, 0.5) is 0 Å². The largest absolute Gasteiger partial charge is 0.305 e. The summed E-state index contributed by atoms with van der Waals surface area (Å²) in [5.74, 6) is 0. The summed E-state index contributed by atoms with van der Waals surface area (Å²) in [5.41, 5.74) is 2.61. The number of hydrogen-bond donors (Lipinski definition) is 1. The molecule has 0 amide bonds. The monoisotopic (exact) mass is 336 g/mol. The summed E-state index contributed by atoms with van der Waals surface area (Å²) in [4.78, 5) is 6.35. The highest BCUT2D eigenvalue weighted by Crippen LogP contribution is 2.33. The maximum absolute atomic E-state index is 4.86. The first kappa shape index (κ1) is 13.3. The van der Waals surface area contributed by atoms with Crippen LogP contribution in [0.2, 0.25) is 0 Å². The summed E-state index contributed by atoms with van der Waals surface area (Å²) in [6.45, 7) is 3.09. The summed E-state index contributed by atoms with van der Waals surface area (Å²) in [5, 5.41) is 4.77. The Hall–Kier alpha value is -0.710. The smallest absolute Gasteiger partial charge is 0.115 e. The fraction of sp³-hybridized carbons (Fsp3) is 0.400. The molecule has 0 saturated carbocycles. The molecular weight excluding hydrogens is 320 g/mol. The molecule has 0 fully saturated rings. The molecule has 1 aliphatic carbocycles. The highest BCUT2D eigenvalue weighted by molar-refractivity contribution is 9.10. The van der Waals surface area contributed by atoms with Gasteiger partial charge in [-0.2, -0.15) is 0 Å². The van der Waals surface area contributed by atoms with Gasteiger partial charge >= 0.3 is 0 Å². The van der Waals surface area contributed by atoms with E-state index in [9.17, 15) is 0 Å². The van der Waals surface area contributed by atoms with Gasteiger partial charge in [-0.15, -0.1) is 11.3 Å². The Morgan fingerprint density at radius 3 is 3.05 bits per heavy atom. The van der Waals surface area contributed by atoms with Crippen LogP contribution in [-0.2, 0) is 12.8 Å². The zero-order valence-corrected chi connectivity index (χ0v) is 13.4. The average Bonchev–Trinajstić information content (AvgIpc) is 2.96. The molecule has 1 aliphatic rings. The van der Waals surface area contributed by atoms with Crippen molar-refractivity contribution in [3.05, 3.63) is 49.9 Å². The van der Waals surface area contributed by atoms with Gasteiger partial charge in [0.15, 0.2) is 0 Å². The molecule has 0 spiro atoms. The molecule has 1 N–H and O–H groups in total. The number of fused-ring (bicyclic) bond motifs is 1. The second-order valence-electron chi connectivity index (χ2n) is 4.82. The molecule has 0 aliphatic heterocycles. The van der Waals surface area contributed by atoms with Gasteiger partial charge in [-0.25, -0.2) is 4.98 Å². The van der Waals surface area contributed by atoms with Crippen LogP contribution in [-0.4, -0.2) is 11.5 Å². The molecule has 1 aromatic heterocycles. The van der Waals surface area contributed by atoms with Crippen molar-refractivity contribution in [1.29, 1.82) is 0 Å². The Bertz CT molecular complexity index is 558. The molecule has 1 heterocycles. The van der Waals surface area contributed by atoms with Gasteiger partial charge in [-0.1, -0.05) is 35.0 Å². The Labute approximate surface area is 126 Å². The summed E-state index contributed by atoms with van der Waals surface area (Å²) >= 11 is 5.44. The first-order valence-corrected chi connectivity index (χ1v) is 8.36. The number of rotatable bonds is 4. The van der Waals surface area contributed by atoms with Crippen molar-refractivity contribution in [2.24, 2.45) is 0 Å². The lowest BCUT2D eigenvalue weighted by atomic mass is 10.1. The summed E-state index contributed by atoms with van der Waals surface area (Å²) < 4.78 is 1.12. The Kier molecular flexibility index (Phi) is 4.01. The molecule has 2 aromatic rings. The molecular formula is C15H17BrN2S. The van der Waals surface area contributed by atoms with Gasteiger partial charge in [-0.3, -0.25) is 0 Å². The zero-order chi connectivity index (χ0) is 13.2. The maximum atomic E-state index is 4.86. The molecule has 1 aromatic carbocycles. The van der Waals surface area contributed by atoms with E-state index in [1.807, 2.05) is 11.3 Å². The lowest BCUT2D eigenvalue weighted by molar-refractivity contribution is 0.625. The van der Waals surface area contributed by atoms with Crippen molar-refractivity contribution in [3.8, 4) is 0 Å². The fourth-order valence-electron chi connectivity index (χ4n) is 2.57. The molecule has 1 atom stereocenters. The van der Waals surface area contributed by atoms with Crippen molar-refractivity contribution < 1.29 is 0 Å². The van der Waals surface area contributed by atoms with Gasteiger partial charge in [0.2, 0.25) is 0 Å². The molecule has 0 radical (unpaired) electrons. The third-order valence-electron chi connectivity index (χ3n) is 3.45. The van der Waals surface area contributed by atoms with Crippen molar-refractivity contribution in [2.45, 2.75) is 32.2 Å². The van der Waals surface area contributed by atoms with Crippen LogP contribution in [0.25, 0.3) is 0 Å². The molecule has 4 heteroatoms. The molecule has 0 saturated heterocycles. The van der Waals surface area contributed by atoms with Gasteiger partial charge in [-0.05, 0) is 43.5 Å². The van der Waals surface area contributed by atoms with Crippen LogP contribution in [0, 0.1) is 0 Å². The van der Waals surface area contributed by atoms with Crippen molar-refractivity contribution >= 4 is 27.3 Å². The minimum atomic E-state index is 0.220. The first-order chi connectivity index (χ1) is 9.28. The van der Waals surface area contributed by atoms with E-state index in [1.54, 1.807) is 0 Å². The summed E-state index contributed by atoms with van der Waals surface area (Å²) in [6.07, 6.45) is 3.64. The molecule has 19 heavy (non-hydrogen) atoms. The van der Waals surface area contributed by atoms with Gasteiger partial charge in [0.05, 0.1) is 11.7 Å². The minimum absolute atomic E-state index is 0.220. The number of aromatic nitrogens is 1. The van der Waals surface area contributed by atoms with Crippen LogP contribution in [0.3, 0.4) is 0 Å². The lowest BCUT2D eigenvalue weighted by Crippen LogP contribution is -2.21. The number of nitrogens with one attached hydrogen (secondary N) is 1. The molecule has 100 valence electrons. The van der Waals surface area contributed by atoms with E-state index < -0.39 is 0 Å². The van der Waals surface area contributed by atoms with E-state index in [4.69, 9.17) is 4.98 Å².